The second-order valence-corrected chi connectivity index (χ2v) is 3.28. The van der Waals surface area contributed by atoms with Crippen LogP contribution in [0.1, 0.15) is 41.5 Å². The van der Waals surface area contributed by atoms with Gasteiger partial charge in [0.05, 0.1) is 0 Å². The van der Waals surface area contributed by atoms with E-state index >= 15 is 0 Å². The Kier molecular flexibility index (Phi) is 48.8. The van der Waals surface area contributed by atoms with E-state index in [9.17, 15) is 0 Å². The molecule has 0 unspecified atom stereocenters. The van der Waals surface area contributed by atoms with E-state index in [0.717, 1.165) is 0 Å². The van der Waals surface area contributed by atoms with Crippen molar-refractivity contribution in [1.82, 2.24) is 0 Å². The van der Waals surface area contributed by atoms with Gasteiger partial charge in [0.25, 0.3) is 0 Å². The Hall–Kier alpha value is 0.424. The third-order valence-corrected chi connectivity index (χ3v) is 0. The normalized spacial score (nSPS) is 7.71. The molecule has 0 bridgehead atoms. The zero-order valence-electron chi connectivity index (χ0n) is 10.0. The first kappa shape index (κ1) is 29.3. The molecule has 4 nitrogen and oxygen atoms in total. The summed E-state index contributed by atoms with van der Waals surface area (Å²) < 4.78 is 0. The van der Waals surface area contributed by atoms with Crippen LogP contribution in [0.25, 0.3) is 0 Å². The largest absolute Gasteiger partial charge is 0.412 e. The molecule has 5 heteroatoms. The molecule has 0 aliphatic heterocycles. The average Bonchev–Trinajstić information content (AvgIpc) is 1.54. The molecule has 0 saturated heterocycles. The molecule has 91 valence electrons. The topological polar surface area (TPSA) is 92.2 Å². The van der Waals surface area contributed by atoms with E-state index in [1.807, 2.05) is 0 Å². The van der Waals surface area contributed by atoms with Crippen LogP contribution in [-0.2, 0) is 18.6 Å². The van der Waals surface area contributed by atoms with E-state index in [4.69, 9.17) is 15.3 Å². The monoisotopic (exact) mass is 249 g/mol. The van der Waals surface area contributed by atoms with Crippen LogP contribution in [0.3, 0.4) is 0 Å². The van der Waals surface area contributed by atoms with E-state index in [2.05, 4.69) is 0 Å². The number of hydrogen-bond acceptors (Lipinski definition) is 3. The molecule has 0 aromatic carbocycles. The average molecular weight is 249 g/mol. The molecule has 0 rings (SSSR count). The van der Waals surface area contributed by atoms with Crippen LogP contribution >= 0.6 is 0 Å². The van der Waals surface area contributed by atoms with Crippen LogP contribution in [0, 0.1) is 0 Å². The fourth-order valence-electron chi connectivity index (χ4n) is 0. The van der Waals surface area contributed by atoms with Crippen molar-refractivity contribution in [3.63, 3.8) is 0 Å². The first-order valence-electron chi connectivity index (χ1n) is 4.24. The quantitative estimate of drug-likeness (QED) is 0.577. The summed E-state index contributed by atoms with van der Waals surface area (Å²) in [5, 5.41) is 24.2. The molecular formula is C9H26O4V. The number of hydrogen-bond donors (Lipinski definition) is 3. The van der Waals surface area contributed by atoms with E-state index < -0.39 is 0 Å². The molecule has 0 spiro atoms. The van der Waals surface area contributed by atoms with Gasteiger partial charge in [-0.25, -0.2) is 0 Å². The van der Waals surface area contributed by atoms with E-state index in [-0.39, 0.29) is 42.3 Å². The Morgan fingerprint density at radius 2 is 0.571 bits per heavy atom. The SMILES string of the molecule is CC(C)O.CC(C)O.CC(C)O.O.[V]. The Morgan fingerprint density at radius 1 is 0.571 bits per heavy atom. The Balaban J connectivity index is -0.0000000270. The molecule has 5 N–H and O–H groups in total. The summed E-state index contributed by atoms with van der Waals surface area (Å²) in [7, 11) is 0. The Bertz CT molecular complexity index is 45.3. The Labute approximate surface area is 99.5 Å². The van der Waals surface area contributed by atoms with Gasteiger partial charge in [0.15, 0.2) is 0 Å². The minimum atomic E-state index is -0.167. The fraction of sp³-hybridized carbons (Fsp3) is 1.00. The van der Waals surface area contributed by atoms with Gasteiger partial charge >= 0.3 is 0 Å². The number of aliphatic hydroxyl groups is 3. The molecule has 0 heterocycles. The minimum absolute atomic E-state index is 0. The van der Waals surface area contributed by atoms with E-state index in [0.29, 0.717) is 0 Å². The first-order valence-corrected chi connectivity index (χ1v) is 4.24. The van der Waals surface area contributed by atoms with Gasteiger partial charge in [-0.2, -0.15) is 0 Å². The van der Waals surface area contributed by atoms with Crippen molar-refractivity contribution >= 4 is 0 Å². The molecule has 0 saturated carbocycles. The van der Waals surface area contributed by atoms with Crippen molar-refractivity contribution in [3.05, 3.63) is 0 Å². The molecule has 0 amide bonds. The van der Waals surface area contributed by atoms with Crippen molar-refractivity contribution in [1.29, 1.82) is 0 Å². The molecular weight excluding hydrogens is 223 g/mol. The van der Waals surface area contributed by atoms with Crippen molar-refractivity contribution in [2.75, 3.05) is 0 Å². The number of rotatable bonds is 0. The first-order chi connectivity index (χ1) is 5.20. The van der Waals surface area contributed by atoms with Crippen molar-refractivity contribution < 1.29 is 39.4 Å². The summed E-state index contributed by atoms with van der Waals surface area (Å²) in [6.07, 6.45) is -0.500. The molecule has 0 atom stereocenters. The third kappa shape index (κ3) is 9000. The third-order valence-electron chi connectivity index (χ3n) is 0. The molecule has 1 radical (unpaired) electrons. The molecule has 0 aromatic rings. The van der Waals surface area contributed by atoms with Gasteiger partial charge in [-0.1, -0.05) is 0 Å². The van der Waals surface area contributed by atoms with Crippen LogP contribution in [0.15, 0.2) is 0 Å². The predicted molar refractivity (Wildman–Crippen MR) is 55.7 cm³/mol. The summed E-state index contributed by atoms with van der Waals surface area (Å²) in [6.45, 7) is 10.3. The molecule has 0 aliphatic carbocycles. The summed E-state index contributed by atoms with van der Waals surface area (Å²) in [5.74, 6) is 0. The van der Waals surface area contributed by atoms with Crippen LogP contribution in [0.4, 0.5) is 0 Å². The molecule has 0 aromatic heterocycles. The predicted octanol–water partition coefficient (Wildman–Crippen LogP) is 0.334. The molecule has 0 aliphatic rings. The second kappa shape index (κ2) is 23.3. The van der Waals surface area contributed by atoms with Gasteiger partial charge < -0.3 is 20.8 Å². The van der Waals surface area contributed by atoms with Crippen molar-refractivity contribution in [3.8, 4) is 0 Å². The van der Waals surface area contributed by atoms with Gasteiger partial charge in [0.2, 0.25) is 0 Å². The minimum Gasteiger partial charge on any atom is -0.412 e. The van der Waals surface area contributed by atoms with E-state index in [1.165, 1.54) is 0 Å². The molecule has 0 fully saturated rings. The van der Waals surface area contributed by atoms with Gasteiger partial charge in [0.1, 0.15) is 0 Å². The summed E-state index contributed by atoms with van der Waals surface area (Å²) in [6, 6.07) is 0. The maximum absolute atomic E-state index is 8.06. The van der Waals surface area contributed by atoms with Crippen LogP contribution in [0.5, 0.6) is 0 Å². The van der Waals surface area contributed by atoms with E-state index in [1.54, 1.807) is 41.5 Å². The number of aliphatic hydroxyl groups excluding tert-OH is 3. The summed E-state index contributed by atoms with van der Waals surface area (Å²) in [5.41, 5.74) is 0. The maximum atomic E-state index is 8.06. The zero-order valence-corrected chi connectivity index (χ0v) is 11.4. The smallest absolute Gasteiger partial charge is 0.0483 e. The van der Waals surface area contributed by atoms with Gasteiger partial charge in [-0.15, -0.1) is 0 Å². The summed E-state index contributed by atoms with van der Waals surface area (Å²) >= 11 is 0. The van der Waals surface area contributed by atoms with Gasteiger partial charge in [-0.3, -0.25) is 0 Å². The Morgan fingerprint density at radius 3 is 0.571 bits per heavy atom. The van der Waals surface area contributed by atoms with Crippen molar-refractivity contribution in [2.45, 2.75) is 59.9 Å². The standard InChI is InChI=1S/3C3H8O.H2O.V/c3*1-3(2)4;;/h3*3-4H,1-2H3;1H2;. The van der Waals surface area contributed by atoms with Crippen LogP contribution in [-0.4, -0.2) is 39.1 Å². The molecule has 14 heavy (non-hydrogen) atoms. The fourth-order valence-corrected chi connectivity index (χ4v) is 0. The maximum Gasteiger partial charge on any atom is 0.0483 e. The van der Waals surface area contributed by atoms with Crippen LogP contribution < -0.4 is 0 Å². The van der Waals surface area contributed by atoms with Crippen molar-refractivity contribution in [2.24, 2.45) is 0 Å². The second-order valence-electron chi connectivity index (χ2n) is 3.28. The van der Waals surface area contributed by atoms with Gasteiger partial charge in [0, 0.05) is 36.9 Å². The van der Waals surface area contributed by atoms with Crippen LogP contribution in [0.2, 0.25) is 0 Å². The van der Waals surface area contributed by atoms with Gasteiger partial charge in [-0.05, 0) is 41.5 Å². The zero-order chi connectivity index (χ0) is 10.7. The summed E-state index contributed by atoms with van der Waals surface area (Å²) in [4.78, 5) is 0.